The summed E-state index contributed by atoms with van der Waals surface area (Å²) in [6, 6.07) is -0.355. The van der Waals surface area contributed by atoms with E-state index in [0.717, 1.165) is 32.6 Å². The van der Waals surface area contributed by atoms with Crippen LogP contribution in [0.1, 0.15) is 26.7 Å². The highest BCUT2D eigenvalue weighted by Crippen LogP contribution is 2.17. The fourth-order valence-corrected chi connectivity index (χ4v) is 2.38. The van der Waals surface area contributed by atoms with Gasteiger partial charge in [-0.25, -0.2) is 0 Å². The lowest BCUT2D eigenvalue weighted by molar-refractivity contribution is -0.131. The number of nitrogens with zero attached hydrogens (tertiary/aromatic N) is 2. The van der Waals surface area contributed by atoms with Gasteiger partial charge in [0.25, 0.3) is 0 Å². The summed E-state index contributed by atoms with van der Waals surface area (Å²) in [6.07, 6.45) is 2.30. The normalized spacial score (nSPS) is 20.3. The van der Waals surface area contributed by atoms with Gasteiger partial charge in [0.15, 0.2) is 0 Å². The van der Waals surface area contributed by atoms with Crippen LogP contribution in [0.5, 0.6) is 0 Å². The molecule has 1 heterocycles. The minimum Gasteiger partial charge on any atom is -0.341 e. The summed E-state index contributed by atoms with van der Waals surface area (Å²) < 4.78 is 0. The number of halogens is 2. The predicted octanol–water partition coefficient (Wildman–Crippen LogP) is 1.37. The van der Waals surface area contributed by atoms with E-state index in [9.17, 15) is 4.79 Å². The summed E-state index contributed by atoms with van der Waals surface area (Å²) in [4.78, 5) is 16.0. The van der Waals surface area contributed by atoms with Gasteiger partial charge in [-0.1, -0.05) is 6.92 Å². The van der Waals surface area contributed by atoms with Crippen LogP contribution in [0.3, 0.4) is 0 Å². The lowest BCUT2D eigenvalue weighted by atomic mass is 10.1. The van der Waals surface area contributed by atoms with Gasteiger partial charge in [0.05, 0.1) is 6.04 Å². The molecule has 6 heteroatoms. The van der Waals surface area contributed by atoms with Crippen molar-refractivity contribution in [2.75, 3.05) is 33.2 Å². The van der Waals surface area contributed by atoms with Crippen LogP contribution < -0.4 is 5.73 Å². The molecule has 2 atom stereocenters. The number of carbonyl (C=O) groups excluding carboxylic acids is 1. The number of amides is 1. The zero-order chi connectivity index (χ0) is 12.1. The average molecular weight is 300 g/mol. The first-order valence-corrected chi connectivity index (χ1v) is 6.27. The van der Waals surface area contributed by atoms with E-state index in [4.69, 9.17) is 5.73 Å². The van der Waals surface area contributed by atoms with Gasteiger partial charge in [-0.05, 0) is 39.3 Å². The number of likely N-dealkylation sites (tertiary alicyclic amines) is 1. The quantitative estimate of drug-likeness (QED) is 0.834. The van der Waals surface area contributed by atoms with E-state index >= 15 is 0 Å². The summed E-state index contributed by atoms with van der Waals surface area (Å²) in [5.74, 6) is 0.722. The topological polar surface area (TPSA) is 49.6 Å². The summed E-state index contributed by atoms with van der Waals surface area (Å²) in [6.45, 7) is 7.95. The molecule has 0 aromatic carbocycles. The lowest BCUT2D eigenvalue weighted by Gasteiger charge is -2.21. The highest BCUT2D eigenvalue weighted by atomic mass is 35.5. The van der Waals surface area contributed by atoms with Crippen molar-refractivity contribution < 1.29 is 4.79 Å². The van der Waals surface area contributed by atoms with Crippen molar-refractivity contribution in [3.63, 3.8) is 0 Å². The second kappa shape index (κ2) is 9.84. The molecule has 0 radical (unpaired) electrons. The number of hydrogen-bond donors (Lipinski definition) is 1. The second-order valence-electron chi connectivity index (χ2n) is 4.99. The molecule has 0 spiro atoms. The molecule has 1 saturated heterocycles. The molecule has 0 aromatic rings. The van der Waals surface area contributed by atoms with Crippen molar-refractivity contribution in [3.05, 3.63) is 0 Å². The molecule has 2 N–H and O–H groups in total. The third kappa shape index (κ3) is 6.23. The molecule has 0 aliphatic carbocycles. The molecular formula is C12H27Cl2N3O. The van der Waals surface area contributed by atoms with Gasteiger partial charge in [-0.15, -0.1) is 24.8 Å². The molecule has 1 aliphatic heterocycles. The zero-order valence-electron chi connectivity index (χ0n) is 11.6. The Morgan fingerprint density at radius 3 is 2.61 bits per heavy atom. The monoisotopic (exact) mass is 299 g/mol. The molecular weight excluding hydrogens is 273 g/mol. The van der Waals surface area contributed by atoms with E-state index in [1.165, 1.54) is 6.42 Å². The van der Waals surface area contributed by atoms with Crippen LogP contribution >= 0.6 is 24.8 Å². The molecule has 1 amide bonds. The van der Waals surface area contributed by atoms with E-state index in [2.05, 4.69) is 18.9 Å². The van der Waals surface area contributed by atoms with E-state index in [1.54, 1.807) is 6.92 Å². The van der Waals surface area contributed by atoms with Crippen LogP contribution in [0.2, 0.25) is 0 Å². The summed E-state index contributed by atoms with van der Waals surface area (Å²) in [5.41, 5.74) is 5.61. The van der Waals surface area contributed by atoms with E-state index in [0.29, 0.717) is 5.92 Å². The maximum atomic E-state index is 11.7. The lowest BCUT2D eigenvalue weighted by Crippen LogP contribution is -2.41. The van der Waals surface area contributed by atoms with Crippen molar-refractivity contribution in [2.45, 2.75) is 32.7 Å². The van der Waals surface area contributed by atoms with E-state index in [1.807, 2.05) is 4.90 Å². The molecule has 110 valence electrons. The van der Waals surface area contributed by atoms with Crippen molar-refractivity contribution in [3.8, 4) is 0 Å². The molecule has 4 nitrogen and oxygen atoms in total. The van der Waals surface area contributed by atoms with Crippen LogP contribution in [0, 0.1) is 5.92 Å². The van der Waals surface area contributed by atoms with Gasteiger partial charge < -0.3 is 15.5 Å². The summed E-state index contributed by atoms with van der Waals surface area (Å²) in [5, 5.41) is 0. The van der Waals surface area contributed by atoms with Gasteiger partial charge in [-0.2, -0.15) is 0 Å². The smallest absolute Gasteiger partial charge is 0.239 e. The molecule has 1 rings (SSSR count). The number of hydrogen-bond acceptors (Lipinski definition) is 3. The largest absolute Gasteiger partial charge is 0.341 e. The zero-order valence-corrected chi connectivity index (χ0v) is 13.2. The Bertz CT molecular complexity index is 239. The first-order valence-electron chi connectivity index (χ1n) is 6.27. The van der Waals surface area contributed by atoms with Crippen LogP contribution in [-0.4, -0.2) is 55.0 Å². The Morgan fingerprint density at radius 1 is 1.50 bits per heavy atom. The fourth-order valence-electron chi connectivity index (χ4n) is 2.38. The third-order valence-electron chi connectivity index (χ3n) is 3.16. The van der Waals surface area contributed by atoms with Crippen molar-refractivity contribution in [1.29, 1.82) is 0 Å². The van der Waals surface area contributed by atoms with Crippen LogP contribution in [0.15, 0.2) is 0 Å². The molecule has 0 saturated carbocycles. The highest BCUT2D eigenvalue weighted by Gasteiger charge is 2.28. The molecule has 1 unspecified atom stereocenters. The maximum absolute atomic E-state index is 11.7. The Kier molecular flexibility index (Phi) is 11.1. The van der Waals surface area contributed by atoms with Gasteiger partial charge >= 0.3 is 0 Å². The minimum atomic E-state index is -0.355. The first kappa shape index (κ1) is 20.3. The van der Waals surface area contributed by atoms with E-state index in [-0.39, 0.29) is 36.8 Å². The Morgan fingerprint density at radius 2 is 2.11 bits per heavy atom. The molecule has 0 bridgehead atoms. The van der Waals surface area contributed by atoms with E-state index < -0.39 is 0 Å². The maximum Gasteiger partial charge on any atom is 0.239 e. The minimum absolute atomic E-state index is 0. The average Bonchev–Trinajstić information content (AvgIpc) is 2.65. The number of rotatable bonds is 5. The Labute approximate surface area is 123 Å². The van der Waals surface area contributed by atoms with Crippen molar-refractivity contribution in [1.82, 2.24) is 9.80 Å². The van der Waals surface area contributed by atoms with Crippen LogP contribution in [0.4, 0.5) is 0 Å². The van der Waals surface area contributed by atoms with Gasteiger partial charge in [0, 0.05) is 19.6 Å². The van der Waals surface area contributed by atoms with Gasteiger partial charge in [-0.3, -0.25) is 4.79 Å². The SMILES string of the molecule is CCCN(C)CC1CCN(C(=O)[C@@H](C)N)C1.Cl.Cl. The second-order valence-corrected chi connectivity index (χ2v) is 4.99. The van der Waals surface area contributed by atoms with Gasteiger partial charge in [0.1, 0.15) is 0 Å². The molecule has 1 aliphatic rings. The Balaban J connectivity index is 0. The van der Waals surface area contributed by atoms with Crippen LogP contribution in [0.25, 0.3) is 0 Å². The molecule has 0 aromatic heterocycles. The summed E-state index contributed by atoms with van der Waals surface area (Å²) >= 11 is 0. The third-order valence-corrected chi connectivity index (χ3v) is 3.16. The molecule has 18 heavy (non-hydrogen) atoms. The fraction of sp³-hybridized carbons (Fsp3) is 0.917. The van der Waals surface area contributed by atoms with Crippen LogP contribution in [-0.2, 0) is 4.79 Å². The number of carbonyl (C=O) groups is 1. The Hall–Kier alpha value is -0.0300. The summed E-state index contributed by atoms with van der Waals surface area (Å²) in [7, 11) is 2.15. The highest BCUT2D eigenvalue weighted by molar-refractivity contribution is 5.85. The van der Waals surface area contributed by atoms with Gasteiger partial charge in [0.2, 0.25) is 5.91 Å². The molecule has 1 fully saturated rings. The first-order chi connectivity index (χ1) is 7.54. The van der Waals surface area contributed by atoms with Crippen molar-refractivity contribution >= 4 is 30.7 Å². The standard InChI is InChI=1S/C12H25N3O.2ClH/c1-4-6-14(3)8-11-5-7-15(9-11)12(16)10(2)13;;/h10-11H,4-9,13H2,1-3H3;2*1H/t10-,11?;;/m1../s1. The number of nitrogens with two attached hydrogens (primary N) is 1. The predicted molar refractivity (Wildman–Crippen MR) is 80.6 cm³/mol. The van der Waals surface area contributed by atoms with Crippen molar-refractivity contribution in [2.24, 2.45) is 11.7 Å².